The molecule has 5 nitrogen and oxygen atoms in total. The highest BCUT2D eigenvalue weighted by atomic mass is 16.5. The summed E-state index contributed by atoms with van der Waals surface area (Å²) in [4.78, 5) is 11.2. The third-order valence-corrected chi connectivity index (χ3v) is 2.17. The SMILES string of the molecule is COC(=O)c1cc(C(C)CN)n(C)n1. The second kappa shape index (κ2) is 4.23. The second-order valence-electron chi connectivity index (χ2n) is 3.21. The molecule has 1 aromatic rings. The molecule has 1 rings (SSSR count). The first kappa shape index (κ1) is 10.7. The summed E-state index contributed by atoms with van der Waals surface area (Å²) in [5, 5.41) is 4.04. The van der Waals surface area contributed by atoms with Gasteiger partial charge in [-0.3, -0.25) is 4.68 Å². The molecule has 0 saturated heterocycles. The molecule has 5 heteroatoms. The van der Waals surface area contributed by atoms with Gasteiger partial charge in [0.25, 0.3) is 0 Å². The molecule has 78 valence electrons. The fourth-order valence-corrected chi connectivity index (χ4v) is 1.27. The third kappa shape index (κ3) is 1.93. The van der Waals surface area contributed by atoms with Gasteiger partial charge in [0, 0.05) is 25.2 Å². The number of hydrogen-bond acceptors (Lipinski definition) is 4. The van der Waals surface area contributed by atoms with Crippen LogP contribution in [0.1, 0.15) is 29.0 Å². The highest BCUT2D eigenvalue weighted by Crippen LogP contribution is 2.14. The van der Waals surface area contributed by atoms with E-state index in [1.165, 1.54) is 7.11 Å². The van der Waals surface area contributed by atoms with Crippen molar-refractivity contribution in [3.05, 3.63) is 17.5 Å². The van der Waals surface area contributed by atoms with E-state index in [-0.39, 0.29) is 5.92 Å². The summed E-state index contributed by atoms with van der Waals surface area (Å²) < 4.78 is 6.23. The molecule has 0 aliphatic carbocycles. The van der Waals surface area contributed by atoms with Crippen LogP contribution in [0.15, 0.2) is 6.07 Å². The van der Waals surface area contributed by atoms with E-state index in [9.17, 15) is 4.79 Å². The number of aromatic nitrogens is 2. The Kier molecular flexibility index (Phi) is 3.24. The van der Waals surface area contributed by atoms with Crippen LogP contribution >= 0.6 is 0 Å². The first-order valence-electron chi connectivity index (χ1n) is 4.42. The third-order valence-electron chi connectivity index (χ3n) is 2.17. The van der Waals surface area contributed by atoms with E-state index in [4.69, 9.17) is 5.73 Å². The normalized spacial score (nSPS) is 12.6. The lowest BCUT2D eigenvalue weighted by molar-refractivity contribution is 0.0593. The molecule has 0 spiro atoms. The quantitative estimate of drug-likeness (QED) is 0.706. The van der Waals surface area contributed by atoms with Crippen molar-refractivity contribution in [1.82, 2.24) is 9.78 Å². The predicted octanol–water partition coefficient (Wildman–Crippen LogP) is 0.269. The van der Waals surface area contributed by atoms with Crippen molar-refractivity contribution < 1.29 is 9.53 Å². The van der Waals surface area contributed by atoms with Gasteiger partial charge in [0.2, 0.25) is 0 Å². The van der Waals surface area contributed by atoms with Gasteiger partial charge in [0.15, 0.2) is 5.69 Å². The van der Waals surface area contributed by atoms with Crippen molar-refractivity contribution in [3.8, 4) is 0 Å². The van der Waals surface area contributed by atoms with Gasteiger partial charge in [-0.1, -0.05) is 6.92 Å². The molecule has 0 saturated carbocycles. The first-order valence-corrected chi connectivity index (χ1v) is 4.42. The fourth-order valence-electron chi connectivity index (χ4n) is 1.27. The van der Waals surface area contributed by atoms with E-state index in [1.54, 1.807) is 17.8 Å². The van der Waals surface area contributed by atoms with Gasteiger partial charge in [0.05, 0.1) is 7.11 Å². The molecule has 1 heterocycles. The van der Waals surface area contributed by atoms with Crippen LogP contribution < -0.4 is 5.73 Å². The standard InChI is InChI=1S/C9H15N3O2/c1-6(5-10)8-4-7(9(13)14-3)11-12(8)2/h4,6H,5,10H2,1-3H3. The molecule has 0 aromatic carbocycles. The topological polar surface area (TPSA) is 70.1 Å². The van der Waals surface area contributed by atoms with Crippen molar-refractivity contribution in [3.63, 3.8) is 0 Å². The van der Waals surface area contributed by atoms with E-state index in [1.807, 2.05) is 6.92 Å². The Hall–Kier alpha value is -1.36. The molecule has 1 atom stereocenters. The lowest BCUT2D eigenvalue weighted by Crippen LogP contribution is -2.12. The fraction of sp³-hybridized carbons (Fsp3) is 0.556. The van der Waals surface area contributed by atoms with Gasteiger partial charge in [-0.2, -0.15) is 5.10 Å². The zero-order valence-electron chi connectivity index (χ0n) is 8.65. The van der Waals surface area contributed by atoms with Gasteiger partial charge >= 0.3 is 5.97 Å². The van der Waals surface area contributed by atoms with Crippen molar-refractivity contribution in [2.24, 2.45) is 12.8 Å². The maximum atomic E-state index is 11.2. The molecule has 0 fully saturated rings. The van der Waals surface area contributed by atoms with Crippen LogP contribution in [0.25, 0.3) is 0 Å². The number of nitrogens with two attached hydrogens (primary N) is 1. The average Bonchev–Trinajstić information content (AvgIpc) is 2.58. The molecule has 0 amide bonds. The van der Waals surface area contributed by atoms with Gasteiger partial charge in [-0.05, 0) is 6.07 Å². The highest BCUT2D eigenvalue weighted by molar-refractivity contribution is 5.87. The average molecular weight is 197 g/mol. The summed E-state index contributed by atoms with van der Waals surface area (Å²) in [5.41, 5.74) is 6.80. The maximum Gasteiger partial charge on any atom is 0.358 e. The van der Waals surface area contributed by atoms with E-state index in [0.717, 1.165) is 5.69 Å². The Balaban J connectivity index is 2.98. The van der Waals surface area contributed by atoms with Crippen molar-refractivity contribution in [2.75, 3.05) is 13.7 Å². The minimum absolute atomic E-state index is 0.186. The first-order chi connectivity index (χ1) is 6.60. The van der Waals surface area contributed by atoms with Crippen LogP contribution in [0.2, 0.25) is 0 Å². The Morgan fingerprint density at radius 2 is 2.43 bits per heavy atom. The number of esters is 1. The van der Waals surface area contributed by atoms with Crippen LogP contribution in [0.5, 0.6) is 0 Å². The predicted molar refractivity (Wildman–Crippen MR) is 52.0 cm³/mol. The number of ether oxygens (including phenoxy) is 1. The van der Waals surface area contributed by atoms with Crippen LogP contribution in [-0.4, -0.2) is 29.4 Å². The van der Waals surface area contributed by atoms with Crippen LogP contribution in [-0.2, 0) is 11.8 Å². The number of aryl methyl sites for hydroxylation is 1. The molecule has 1 unspecified atom stereocenters. The summed E-state index contributed by atoms with van der Waals surface area (Å²) >= 11 is 0. The molecular weight excluding hydrogens is 182 g/mol. The Morgan fingerprint density at radius 1 is 1.79 bits per heavy atom. The summed E-state index contributed by atoms with van der Waals surface area (Å²) in [5.74, 6) is -0.234. The molecule has 2 N–H and O–H groups in total. The zero-order chi connectivity index (χ0) is 10.7. The summed E-state index contributed by atoms with van der Waals surface area (Å²) in [6.45, 7) is 2.51. The Labute approximate surface area is 82.8 Å². The zero-order valence-corrected chi connectivity index (χ0v) is 8.65. The number of carbonyl (C=O) groups is 1. The minimum atomic E-state index is -0.420. The van der Waals surface area contributed by atoms with E-state index in [0.29, 0.717) is 12.2 Å². The number of carbonyl (C=O) groups excluding carboxylic acids is 1. The smallest absolute Gasteiger partial charge is 0.358 e. The molecule has 0 bridgehead atoms. The molecular formula is C9H15N3O2. The Bertz CT molecular complexity index is 333. The van der Waals surface area contributed by atoms with Crippen molar-refractivity contribution in [2.45, 2.75) is 12.8 Å². The van der Waals surface area contributed by atoms with Crippen molar-refractivity contribution >= 4 is 5.97 Å². The van der Waals surface area contributed by atoms with Gasteiger partial charge < -0.3 is 10.5 Å². The summed E-state index contributed by atoms with van der Waals surface area (Å²) in [6.07, 6.45) is 0. The number of nitrogens with zero attached hydrogens (tertiary/aromatic N) is 2. The summed E-state index contributed by atoms with van der Waals surface area (Å²) in [7, 11) is 3.12. The lowest BCUT2D eigenvalue weighted by atomic mass is 10.1. The Morgan fingerprint density at radius 3 is 2.93 bits per heavy atom. The molecule has 0 aliphatic rings. The van der Waals surface area contributed by atoms with Crippen LogP contribution in [0.3, 0.4) is 0 Å². The van der Waals surface area contributed by atoms with E-state index >= 15 is 0 Å². The summed E-state index contributed by atoms with van der Waals surface area (Å²) in [6, 6.07) is 1.71. The molecule has 0 radical (unpaired) electrons. The largest absolute Gasteiger partial charge is 0.464 e. The van der Waals surface area contributed by atoms with Crippen LogP contribution in [0, 0.1) is 0 Å². The van der Waals surface area contributed by atoms with Crippen molar-refractivity contribution in [1.29, 1.82) is 0 Å². The molecule has 14 heavy (non-hydrogen) atoms. The molecule has 1 aromatic heterocycles. The van der Waals surface area contributed by atoms with Gasteiger partial charge in [0.1, 0.15) is 0 Å². The number of methoxy groups -OCH3 is 1. The maximum absolute atomic E-state index is 11.2. The van der Waals surface area contributed by atoms with E-state index in [2.05, 4.69) is 9.84 Å². The van der Waals surface area contributed by atoms with Gasteiger partial charge in [-0.15, -0.1) is 0 Å². The van der Waals surface area contributed by atoms with Gasteiger partial charge in [-0.25, -0.2) is 4.79 Å². The monoisotopic (exact) mass is 197 g/mol. The van der Waals surface area contributed by atoms with Crippen LogP contribution in [0.4, 0.5) is 0 Å². The van der Waals surface area contributed by atoms with E-state index < -0.39 is 5.97 Å². The highest BCUT2D eigenvalue weighted by Gasteiger charge is 2.15. The number of rotatable bonds is 3. The second-order valence-corrected chi connectivity index (χ2v) is 3.21. The molecule has 0 aliphatic heterocycles. The lowest BCUT2D eigenvalue weighted by Gasteiger charge is -2.07. The minimum Gasteiger partial charge on any atom is -0.464 e. The number of hydrogen-bond donors (Lipinski definition) is 1.